The molecule has 0 heterocycles. The van der Waals surface area contributed by atoms with Gasteiger partial charge in [-0.05, 0) is 42.6 Å². The molecular weight excluding hydrogens is 248 g/mol. The molecule has 0 aliphatic rings. The summed E-state index contributed by atoms with van der Waals surface area (Å²) in [6, 6.07) is 7.09. The van der Waals surface area contributed by atoms with Crippen molar-refractivity contribution in [3.05, 3.63) is 34.9 Å². The number of sulfone groups is 1. The fourth-order valence-electron chi connectivity index (χ4n) is 1.72. The zero-order valence-corrected chi connectivity index (χ0v) is 11.5. The van der Waals surface area contributed by atoms with Crippen LogP contribution in [0.4, 0.5) is 0 Å². The Hall–Kier alpha value is -1.38. The summed E-state index contributed by atoms with van der Waals surface area (Å²) in [7, 11) is -3.15. The molecule has 5 heteroatoms. The number of aryl methyl sites for hydroxylation is 1. The molecule has 18 heavy (non-hydrogen) atoms. The van der Waals surface area contributed by atoms with Gasteiger partial charge in [-0.3, -0.25) is 0 Å². The van der Waals surface area contributed by atoms with Gasteiger partial charge in [0.25, 0.3) is 0 Å². The third-order valence-electron chi connectivity index (χ3n) is 2.79. The highest BCUT2D eigenvalue weighted by molar-refractivity contribution is 7.90. The first kappa shape index (κ1) is 14.7. The van der Waals surface area contributed by atoms with Gasteiger partial charge < -0.3 is 5.73 Å². The molecule has 0 amide bonds. The van der Waals surface area contributed by atoms with E-state index in [9.17, 15) is 8.42 Å². The van der Waals surface area contributed by atoms with E-state index in [0.29, 0.717) is 12.1 Å². The SMILES string of the molecule is Cc1cc(C#N)ccc1CS(=O)(=O)CC(C)CN. The van der Waals surface area contributed by atoms with Crippen molar-refractivity contribution < 1.29 is 8.42 Å². The van der Waals surface area contributed by atoms with Crippen LogP contribution in [0.25, 0.3) is 0 Å². The Morgan fingerprint density at radius 3 is 2.61 bits per heavy atom. The fraction of sp³-hybridized carbons (Fsp3) is 0.462. The lowest BCUT2D eigenvalue weighted by Crippen LogP contribution is -2.22. The molecule has 0 radical (unpaired) electrons. The second kappa shape index (κ2) is 5.98. The summed E-state index contributed by atoms with van der Waals surface area (Å²) < 4.78 is 23.9. The van der Waals surface area contributed by atoms with Crippen molar-refractivity contribution in [3.63, 3.8) is 0 Å². The van der Waals surface area contributed by atoms with Crippen molar-refractivity contribution in [1.29, 1.82) is 5.26 Å². The minimum absolute atomic E-state index is 0.00881. The van der Waals surface area contributed by atoms with Gasteiger partial charge in [-0.15, -0.1) is 0 Å². The average molecular weight is 266 g/mol. The third-order valence-corrected chi connectivity index (χ3v) is 4.62. The summed E-state index contributed by atoms with van der Waals surface area (Å²) in [6.07, 6.45) is 0. The molecule has 1 rings (SSSR count). The Balaban J connectivity index is 2.88. The van der Waals surface area contributed by atoms with Gasteiger partial charge in [0.1, 0.15) is 0 Å². The Kier molecular flexibility index (Phi) is 4.88. The maximum absolute atomic E-state index is 12.0. The number of hydrogen-bond acceptors (Lipinski definition) is 4. The summed E-state index contributed by atoms with van der Waals surface area (Å²) in [4.78, 5) is 0. The Labute approximate surface area is 108 Å². The van der Waals surface area contributed by atoms with Crippen molar-refractivity contribution in [3.8, 4) is 6.07 Å². The van der Waals surface area contributed by atoms with Crippen LogP contribution in [0.15, 0.2) is 18.2 Å². The van der Waals surface area contributed by atoms with E-state index in [4.69, 9.17) is 11.0 Å². The smallest absolute Gasteiger partial charge is 0.154 e. The molecule has 1 atom stereocenters. The molecule has 0 saturated carbocycles. The summed E-state index contributed by atoms with van der Waals surface area (Å²) in [5.41, 5.74) is 7.57. The maximum atomic E-state index is 12.0. The van der Waals surface area contributed by atoms with E-state index in [2.05, 4.69) is 0 Å². The van der Waals surface area contributed by atoms with Crippen molar-refractivity contribution in [2.24, 2.45) is 11.7 Å². The van der Waals surface area contributed by atoms with Crippen molar-refractivity contribution in [2.45, 2.75) is 19.6 Å². The molecule has 0 saturated heterocycles. The second-order valence-electron chi connectivity index (χ2n) is 4.65. The molecule has 0 aliphatic heterocycles. The van der Waals surface area contributed by atoms with Crippen LogP contribution in [-0.2, 0) is 15.6 Å². The van der Waals surface area contributed by atoms with E-state index in [1.807, 2.05) is 19.9 Å². The van der Waals surface area contributed by atoms with Crippen LogP contribution in [0, 0.1) is 24.2 Å². The van der Waals surface area contributed by atoms with Gasteiger partial charge in [0.2, 0.25) is 0 Å². The Morgan fingerprint density at radius 2 is 2.11 bits per heavy atom. The molecule has 0 aliphatic carbocycles. The minimum Gasteiger partial charge on any atom is -0.330 e. The lowest BCUT2D eigenvalue weighted by Gasteiger charge is -2.11. The fourth-order valence-corrected chi connectivity index (χ4v) is 3.64. The highest BCUT2D eigenvalue weighted by atomic mass is 32.2. The van der Waals surface area contributed by atoms with Gasteiger partial charge in [-0.1, -0.05) is 13.0 Å². The van der Waals surface area contributed by atoms with Gasteiger partial charge in [-0.2, -0.15) is 5.26 Å². The van der Waals surface area contributed by atoms with Crippen molar-refractivity contribution >= 4 is 9.84 Å². The first-order valence-electron chi connectivity index (χ1n) is 5.78. The third kappa shape index (κ3) is 4.13. The molecule has 2 N–H and O–H groups in total. The van der Waals surface area contributed by atoms with E-state index >= 15 is 0 Å². The zero-order valence-electron chi connectivity index (χ0n) is 10.7. The maximum Gasteiger partial charge on any atom is 0.154 e. The lowest BCUT2D eigenvalue weighted by molar-refractivity contribution is 0.573. The molecule has 0 fully saturated rings. The van der Waals surface area contributed by atoms with Gasteiger partial charge in [0.15, 0.2) is 9.84 Å². The summed E-state index contributed by atoms with van der Waals surface area (Å²) in [5.74, 6) is 0.0753. The quantitative estimate of drug-likeness (QED) is 0.872. The largest absolute Gasteiger partial charge is 0.330 e. The van der Waals surface area contributed by atoms with Crippen molar-refractivity contribution in [2.75, 3.05) is 12.3 Å². The van der Waals surface area contributed by atoms with E-state index in [-0.39, 0.29) is 17.4 Å². The van der Waals surface area contributed by atoms with Gasteiger partial charge in [0.05, 0.1) is 23.1 Å². The molecule has 4 nitrogen and oxygen atoms in total. The summed E-state index contributed by atoms with van der Waals surface area (Å²) in [6.45, 7) is 4.01. The van der Waals surface area contributed by atoms with Crippen LogP contribution < -0.4 is 5.73 Å². The highest BCUT2D eigenvalue weighted by Gasteiger charge is 2.17. The average Bonchev–Trinajstić information content (AvgIpc) is 2.30. The number of hydrogen-bond donors (Lipinski definition) is 1. The summed E-state index contributed by atoms with van der Waals surface area (Å²) >= 11 is 0. The molecule has 1 aromatic rings. The van der Waals surface area contributed by atoms with Gasteiger partial charge in [0, 0.05) is 0 Å². The predicted octanol–water partition coefficient (Wildman–Crippen LogP) is 1.38. The van der Waals surface area contributed by atoms with E-state index in [1.165, 1.54) is 0 Å². The van der Waals surface area contributed by atoms with Crippen LogP contribution in [0.1, 0.15) is 23.6 Å². The standard InChI is InChI=1S/C13H18N2O2S/c1-10(6-14)8-18(16,17)9-13-4-3-12(7-15)5-11(13)2/h3-5,10H,6,8-9,14H2,1-2H3. The van der Waals surface area contributed by atoms with E-state index < -0.39 is 9.84 Å². The van der Waals surface area contributed by atoms with Crippen LogP contribution in [0.5, 0.6) is 0 Å². The van der Waals surface area contributed by atoms with Crippen molar-refractivity contribution in [1.82, 2.24) is 0 Å². The highest BCUT2D eigenvalue weighted by Crippen LogP contribution is 2.15. The second-order valence-corrected chi connectivity index (χ2v) is 6.76. The topological polar surface area (TPSA) is 84.0 Å². The first-order valence-corrected chi connectivity index (χ1v) is 7.60. The number of nitrogens with two attached hydrogens (primary N) is 1. The van der Waals surface area contributed by atoms with Crippen LogP contribution in [-0.4, -0.2) is 20.7 Å². The number of nitrogens with zero attached hydrogens (tertiary/aromatic N) is 1. The van der Waals surface area contributed by atoms with Gasteiger partial charge >= 0.3 is 0 Å². The zero-order chi connectivity index (χ0) is 13.8. The van der Waals surface area contributed by atoms with E-state index in [1.54, 1.807) is 18.2 Å². The molecule has 98 valence electrons. The molecular formula is C13H18N2O2S. The molecule has 0 aromatic heterocycles. The summed E-state index contributed by atoms with van der Waals surface area (Å²) in [5, 5.41) is 8.75. The van der Waals surface area contributed by atoms with E-state index in [0.717, 1.165) is 11.1 Å². The van der Waals surface area contributed by atoms with Crippen LogP contribution in [0.3, 0.4) is 0 Å². The Bertz CT molecular complexity index is 559. The monoisotopic (exact) mass is 266 g/mol. The normalized spacial score (nSPS) is 13.0. The molecule has 1 unspecified atom stereocenters. The number of nitriles is 1. The number of rotatable bonds is 5. The number of benzene rings is 1. The van der Waals surface area contributed by atoms with Crippen LogP contribution >= 0.6 is 0 Å². The molecule has 0 bridgehead atoms. The lowest BCUT2D eigenvalue weighted by atomic mass is 10.1. The van der Waals surface area contributed by atoms with Crippen LogP contribution in [0.2, 0.25) is 0 Å². The minimum atomic E-state index is -3.15. The Morgan fingerprint density at radius 1 is 1.44 bits per heavy atom. The van der Waals surface area contributed by atoms with Gasteiger partial charge in [-0.25, -0.2) is 8.42 Å². The predicted molar refractivity (Wildman–Crippen MR) is 71.6 cm³/mol. The molecule has 1 aromatic carbocycles. The first-order chi connectivity index (χ1) is 8.38. The molecule has 0 spiro atoms.